The summed E-state index contributed by atoms with van der Waals surface area (Å²) in [5, 5.41) is 2.73. The number of hydrogen-bond donors (Lipinski definition) is 1. The van der Waals surface area contributed by atoms with Gasteiger partial charge in [-0.25, -0.2) is 9.18 Å². The van der Waals surface area contributed by atoms with E-state index in [1.54, 1.807) is 25.2 Å². The van der Waals surface area contributed by atoms with E-state index in [1.165, 1.54) is 28.8 Å². The number of ketones is 1. The highest BCUT2D eigenvalue weighted by atomic mass is 19.1. The first-order valence-corrected chi connectivity index (χ1v) is 8.12. The summed E-state index contributed by atoms with van der Waals surface area (Å²) in [5.41, 5.74) is 2.00. The van der Waals surface area contributed by atoms with E-state index in [9.17, 15) is 18.8 Å². The standard InChI is InChI=1S/C19H17FN2O4/c1-22-15-11-14(9-10-17(15)26-19(22)25)21-18(24)4-2-3-16(23)12-5-7-13(20)8-6-12/h5-11H,2-4H2,1H3,(H,21,24). The highest BCUT2D eigenvalue weighted by Crippen LogP contribution is 2.18. The molecule has 7 heteroatoms. The van der Waals surface area contributed by atoms with Crippen LogP contribution in [0.5, 0.6) is 0 Å². The quantitative estimate of drug-likeness (QED) is 0.688. The number of benzene rings is 2. The molecule has 6 nitrogen and oxygen atoms in total. The lowest BCUT2D eigenvalue weighted by molar-refractivity contribution is -0.116. The molecule has 0 unspecified atom stereocenters. The molecule has 0 spiro atoms. The average Bonchev–Trinajstić information content (AvgIpc) is 2.90. The number of halogens is 1. The van der Waals surface area contributed by atoms with E-state index in [-0.39, 0.29) is 24.5 Å². The zero-order chi connectivity index (χ0) is 18.7. The maximum atomic E-state index is 12.8. The second-order valence-corrected chi connectivity index (χ2v) is 5.94. The molecule has 134 valence electrons. The number of amides is 1. The van der Waals surface area contributed by atoms with E-state index in [4.69, 9.17) is 4.42 Å². The molecule has 1 aromatic heterocycles. The van der Waals surface area contributed by atoms with Crippen LogP contribution in [0, 0.1) is 5.82 Å². The second-order valence-electron chi connectivity index (χ2n) is 5.94. The smallest absolute Gasteiger partial charge is 0.408 e. The van der Waals surface area contributed by atoms with Crippen LogP contribution in [0.25, 0.3) is 11.1 Å². The third-order valence-electron chi connectivity index (χ3n) is 4.05. The number of carbonyl (C=O) groups excluding carboxylic acids is 2. The summed E-state index contributed by atoms with van der Waals surface area (Å²) >= 11 is 0. The number of oxazole rings is 1. The van der Waals surface area contributed by atoms with Crippen LogP contribution in [0.1, 0.15) is 29.6 Å². The van der Waals surface area contributed by atoms with E-state index in [1.807, 2.05) is 0 Å². The van der Waals surface area contributed by atoms with Gasteiger partial charge in [-0.15, -0.1) is 0 Å². The third kappa shape index (κ3) is 3.88. The molecule has 1 N–H and O–H groups in total. The zero-order valence-corrected chi connectivity index (χ0v) is 14.1. The molecule has 0 aliphatic rings. The van der Waals surface area contributed by atoms with E-state index in [0.29, 0.717) is 28.8 Å². The average molecular weight is 356 g/mol. The van der Waals surface area contributed by atoms with Crippen LogP contribution in [-0.2, 0) is 11.8 Å². The molecule has 0 bridgehead atoms. The summed E-state index contributed by atoms with van der Waals surface area (Å²) in [4.78, 5) is 35.5. The van der Waals surface area contributed by atoms with Gasteiger partial charge >= 0.3 is 5.76 Å². The van der Waals surface area contributed by atoms with Gasteiger partial charge in [0, 0.05) is 31.1 Å². The Balaban J connectivity index is 1.54. The number of aryl methyl sites for hydroxylation is 1. The Bertz CT molecular complexity index is 1020. The Morgan fingerprint density at radius 1 is 1.12 bits per heavy atom. The topological polar surface area (TPSA) is 81.3 Å². The summed E-state index contributed by atoms with van der Waals surface area (Å²) in [6, 6.07) is 10.3. The fourth-order valence-corrected chi connectivity index (χ4v) is 2.62. The molecular formula is C19H17FN2O4. The minimum Gasteiger partial charge on any atom is -0.408 e. The van der Waals surface area contributed by atoms with E-state index in [0.717, 1.165) is 0 Å². The highest BCUT2D eigenvalue weighted by Gasteiger charge is 2.10. The number of nitrogens with one attached hydrogen (secondary N) is 1. The fourth-order valence-electron chi connectivity index (χ4n) is 2.62. The molecule has 1 amide bonds. The fraction of sp³-hybridized carbons (Fsp3) is 0.211. The van der Waals surface area contributed by atoms with Crippen molar-refractivity contribution in [2.75, 3.05) is 5.32 Å². The highest BCUT2D eigenvalue weighted by molar-refractivity contribution is 5.97. The summed E-state index contributed by atoms with van der Waals surface area (Å²) in [6.45, 7) is 0. The van der Waals surface area contributed by atoms with Crippen LogP contribution in [-0.4, -0.2) is 16.3 Å². The Morgan fingerprint density at radius 3 is 2.58 bits per heavy atom. The first-order valence-electron chi connectivity index (χ1n) is 8.12. The van der Waals surface area contributed by atoms with Crippen LogP contribution in [0.3, 0.4) is 0 Å². The van der Waals surface area contributed by atoms with Gasteiger partial charge in [0.25, 0.3) is 0 Å². The van der Waals surface area contributed by atoms with E-state index in [2.05, 4.69) is 5.32 Å². The molecule has 0 atom stereocenters. The van der Waals surface area contributed by atoms with Gasteiger partial charge in [-0.1, -0.05) is 0 Å². The molecule has 3 rings (SSSR count). The van der Waals surface area contributed by atoms with Crippen molar-refractivity contribution < 1.29 is 18.4 Å². The lowest BCUT2D eigenvalue weighted by atomic mass is 10.1. The van der Waals surface area contributed by atoms with Crippen LogP contribution in [0.2, 0.25) is 0 Å². The van der Waals surface area contributed by atoms with Crippen LogP contribution < -0.4 is 11.1 Å². The van der Waals surface area contributed by atoms with Crippen molar-refractivity contribution in [2.45, 2.75) is 19.3 Å². The number of carbonyl (C=O) groups is 2. The first kappa shape index (κ1) is 17.6. The van der Waals surface area contributed by atoms with Gasteiger partial charge in [-0.05, 0) is 48.9 Å². The minimum absolute atomic E-state index is 0.132. The molecule has 0 saturated heterocycles. The molecule has 3 aromatic rings. The van der Waals surface area contributed by atoms with Gasteiger partial charge in [-0.2, -0.15) is 0 Å². The van der Waals surface area contributed by atoms with Crippen molar-refractivity contribution in [2.24, 2.45) is 7.05 Å². The predicted octanol–water partition coefficient (Wildman–Crippen LogP) is 3.26. The summed E-state index contributed by atoms with van der Waals surface area (Å²) in [7, 11) is 1.58. The molecular weight excluding hydrogens is 339 g/mol. The zero-order valence-electron chi connectivity index (χ0n) is 14.1. The Labute approximate surface area is 148 Å². The van der Waals surface area contributed by atoms with Gasteiger partial charge in [0.15, 0.2) is 11.4 Å². The van der Waals surface area contributed by atoms with Crippen molar-refractivity contribution in [1.29, 1.82) is 0 Å². The molecule has 0 radical (unpaired) electrons. The van der Waals surface area contributed by atoms with Crippen molar-refractivity contribution in [3.8, 4) is 0 Å². The number of rotatable bonds is 6. The van der Waals surface area contributed by atoms with E-state index < -0.39 is 11.6 Å². The Kier molecular flexibility index (Phi) is 4.97. The van der Waals surface area contributed by atoms with Crippen molar-refractivity contribution in [1.82, 2.24) is 4.57 Å². The normalized spacial score (nSPS) is 10.8. The maximum absolute atomic E-state index is 12.8. The minimum atomic E-state index is -0.470. The lowest BCUT2D eigenvalue weighted by Crippen LogP contribution is -2.12. The van der Waals surface area contributed by atoms with Gasteiger partial charge in [0.1, 0.15) is 5.82 Å². The summed E-state index contributed by atoms with van der Waals surface area (Å²) in [6.07, 6.45) is 0.762. The Hall–Kier alpha value is -3.22. The molecule has 0 aliphatic carbocycles. The van der Waals surface area contributed by atoms with Gasteiger partial charge < -0.3 is 9.73 Å². The number of fused-ring (bicyclic) bond motifs is 1. The summed E-state index contributed by atoms with van der Waals surface area (Å²) in [5.74, 6) is -1.23. The van der Waals surface area contributed by atoms with Gasteiger partial charge in [0.2, 0.25) is 5.91 Å². The Morgan fingerprint density at radius 2 is 1.85 bits per heavy atom. The van der Waals surface area contributed by atoms with Crippen LogP contribution >= 0.6 is 0 Å². The number of anilines is 1. The SMILES string of the molecule is Cn1c(=O)oc2ccc(NC(=O)CCCC(=O)c3ccc(F)cc3)cc21. The van der Waals surface area contributed by atoms with E-state index >= 15 is 0 Å². The van der Waals surface area contributed by atoms with Crippen LogP contribution in [0.4, 0.5) is 10.1 Å². The monoisotopic (exact) mass is 356 g/mol. The molecule has 0 aliphatic heterocycles. The number of Topliss-reactive ketones (excluding diaryl/α,β-unsaturated/α-hetero) is 1. The molecule has 0 saturated carbocycles. The molecule has 1 heterocycles. The number of nitrogens with zero attached hydrogens (tertiary/aromatic N) is 1. The summed E-state index contributed by atoms with van der Waals surface area (Å²) < 4.78 is 19.2. The van der Waals surface area contributed by atoms with Crippen molar-refractivity contribution in [3.05, 3.63) is 64.4 Å². The molecule has 26 heavy (non-hydrogen) atoms. The largest absolute Gasteiger partial charge is 0.419 e. The van der Waals surface area contributed by atoms with Gasteiger partial charge in [0.05, 0.1) is 5.52 Å². The lowest BCUT2D eigenvalue weighted by Gasteiger charge is -2.05. The molecule has 2 aromatic carbocycles. The number of hydrogen-bond acceptors (Lipinski definition) is 4. The van der Waals surface area contributed by atoms with Crippen molar-refractivity contribution in [3.63, 3.8) is 0 Å². The third-order valence-corrected chi connectivity index (χ3v) is 4.05. The molecule has 0 fully saturated rings. The van der Waals surface area contributed by atoms with Crippen molar-refractivity contribution >= 4 is 28.5 Å². The van der Waals surface area contributed by atoms with Gasteiger partial charge in [-0.3, -0.25) is 14.2 Å². The van der Waals surface area contributed by atoms with Crippen LogP contribution in [0.15, 0.2) is 51.7 Å². The predicted molar refractivity (Wildman–Crippen MR) is 94.7 cm³/mol. The first-order chi connectivity index (χ1) is 12.4. The maximum Gasteiger partial charge on any atom is 0.419 e. The second kappa shape index (κ2) is 7.35. The number of aromatic nitrogens is 1.